The molecule has 0 amide bonds. The zero-order chi connectivity index (χ0) is 25.1. The van der Waals surface area contributed by atoms with Crippen molar-refractivity contribution in [3.05, 3.63) is 30.5 Å². The minimum absolute atomic E-state index is 0.298. The summed E-state index contributed by atoms with van der Waals surface area (Å²) >= 11 is 0. The molecule has 2 saturated heterocycles. The predicted molar refractivity (Wildman–Crippen MR) is 132 cm³/mol. The number of halogens is 2. The highest BCUT2D eigenvalue weighted by Crippen LogP contribution is 2.36. The lowest BCUT2D eigenvalue weighted by atomic mass is 10.0. The molecule has 0 saturated carbocycles. The van der Waals surface area contributed by atoms with Crippen LogP contribution in [-0.2, 0) is 4.74 Å². The summed E-state index contributed by atoms with van der Waals surface area (Å²) in [5.41, 5.74) is 10.8. The third-order valence-electron chi connectivity index (χ3n) is 6.75. The lowest BCUT2D eigenvalue weighted by molar-refractivity contribution is -0.0794. The third kappa shape index (κ3) is 4.82. The lowest BCUT2D eigenvalue weighted by Gasteiger charge is -2.42. The molecule has 0 aliphatic carbocycles. The Kier molecular flexibility index (Phi) is 7.23. The van der Waals surface area contributed by atoms with Gasteiger partial charge < -0.3 is 20.1 Å². The Hall–Kier alpha value is -3.38. The van der Waals surface area contributed by atoms with E-state index in [-0.39, 0.29) is 0 Å². The van der Waals surface area contributed by atoms with Gasteiger partial charge in [-0.25, -0.2) is 14.4 Å². The average Bonchev–Trinajstić information content (AvgIpc) is 3.28. The summed E-state index contributed by atoms with van der Waals surface area (Å²) in [6.07, 6.45) is 1.76. The first-order valence-corrected chi connectivity index (χ1v) is 12.1. The van der Waals surface area contributed by atoms with Gasteiger partial charge in [-0.2, -0.15) is 10.1 Å². The Balaban J connectivity index is 1.38. The number of ether oxygens (including phenoxy) is 2. The zero-order valence-electron chi connectivity index (χ0n) is 20.1. The molecule has 1 aromatic carbocycles. The number of likely N-dealkylation sites (tertiary alicyclic amines) is 1. The molecular formula is C24H30F2N8O2. The van der Waals surface area contributed by atoms with Crippen molar-refractivity contribution in [1.82, 2.24) is 19.5 Å². The lowest BCUT2D eigenvalue weighted by Crippen LogP contribution is -2.57. The second-order valence-electron chi connectivity index (χ2n) is 9.02. The second-order valence-corrected chi connectivity index (χ2v) is 9.02. The molecule has 36 heavy (non-hydrogen) atoms. The molecule has 2 aliphatic rings. The molecule has 0 bridgehead atoms. The van der Waals surface area contributed by atoms with Crippen LogP contribution < -0.4 is 15.4 Å². The second kappa shape index (κ2) is 10.7. The SMILES string of the molecule is COc1nc(N[C@@H]2CCN(C3COC3)C[C@@H]2F)nn2ccc(-c3ccc(N=N)c(NCCCF)c3)c12. The number of piperidine rings is 1. The van der Waals surface area contributed by atoms with Gasteiger partial charge in [0.1, 0.15) is 17.4 Å². The molecule has 4 heterocycles. The molecular weight excluding hydrogens is 470 g/mol. The van der Waals surface area contributed by atoms with Gasteiger partial charge in [-0.1, -0.05) is 6.07 Å². The van der Waals surface area contributed by atoms with Crippen LogP contribution in [-0.4, -0.2) is 84.4 Å². The molecule has 10 nitrogen and oxygen atoms in total. The summed E-state index contributed by atoms with van der Waals surface area (Å²) in [7, 11) is 1.53. The summed E-state index contributed by atoms with van der Waals surface area (Å²) in [4.78, 5) is 6.68. The summed E-state index contributed by atoms with van der Waals surface area (Å²) in [6.45, 7) is 2.51. The van der Waals surface area contributed by atoms with E-state index in [0.29, 0.717) is 73.9 Å². The standard InChI is InChI=1S/C24H30F2N8O2/c1-35-23-22-17(15-3-4-20(31-27)21(11-15)28-8-2-7-25)5-10-34(22)32-24(30-23)29-19-6-9-33(12-18(19)26)16-13-36-14-16/h3-5,10-11,16,18-19,27-28H,2,6-9,12-14H2,1H3,(H,29,32)/t18-,19+/m0/s1. The van der Waals surface area contributed by atoms with Crippen LogP contribution in [0, 0.1) is 5.53 Å². The quantitative estimate of drug-likeness (QED) is 0.284. The van der Waals surface area contributed by atoms with Crippen LogP contribution in [0.5, 0.6) is 5.88 Å². The van der Waals surface area contributed by atoms with E-state index in [2.05, 4.69) is 30.7 Å². The molecule has 2 atom stereocenters. The van der Waals surface area contributed by atoms with Gasteiger partial charge in [-0.05, 0) is 36.6 Å². The number of methoxy groups -OCH3 is 1. The fourth-order valence-corrected chi connectivity index (χ4v) is 4.68. The highest BCUT2D eigenvalue weighted by Gasteiger charge is 2.35. The van der Waals surface area contributed by atoms with Crippen molar-refractivity contribution >= 4 is 22.8 Å². The number of aromatic nitrogens is 3. The van der Waals surface area contributed by atoms with E-state index < -0.39 is 18.9 Å². The molecule has 2 aromatic heterocycles. The highest BCUT2D eigenvalue weighted by atomic mass is 19.1. The normalized spacial score (nSPS) is 20.8. The molecule has 12 heteroatoms. The maximum Gasteiger partial charge on any atom is 0.244 e. The van der Waals surface area contributed by atoms with Gasteiger partial charge in [0.15, 0.2) is 0 Å². The summed E-state index contributed by atoms with van der Waals surface area (Å²) in [5, 5.41) is 14.4. The Morgan fingerprint density at radius 1 is 1.31 bits per heavy atom. The van der Waals surface area contributed by atoms with Crippen molar-refractivity contribution in [2.75, 3.05) is 57.3 Å². The minimum atomic E-state index is -1.05. The number of benzene rings is 1. The van der Waals surface area contributed by atoms with E-state index in [1.165, 1.54) is 7.11 Å². The number of anilines is 2. The van der Waals surface area contributed by atoms with Crippen LogP contribution in [0.25, 0.3) is 16.6 Å². The number of hydrogen-bond donors (Lipinski definition) is 3. The number of hydrogen-bond acceptors (Lipinski definition) is 9. The topological polar surface area (TPSA) is 112 Å². The van der Waals surface area contributed by atoms with Crippen molar-refractivity contribution in [1.29, 1.82) is 5.53 Å². The Labute approximate surface area is 207 Å². The molecule has 3 N–H and O–H groups in total. The van der Waals surface area contributed by atoms with Crippen molar-refractivity contribution in [2.24, 2.45) is 5.11 Å². The van der Waals surface area contributed by atoms with E-state index in [1.807, 2.05) is 18.2 Å². The van der Waals surface area contributed by atoms with Crippen molar-refractivity contribution < 1.29 is 18.3 Å². The van der Waals surface area contributed by atoms with Crippen molar-refractivity contribution in [3.63, 3.8) is 0 Å². The van der Waals surface area contributed by atoms with Gasteiger partial charge in [0, 0.05) is 31.4 Å². The van der Waals surface area contributed by atoms with Crippen LogP contribution in [0.2, 0.25) is 0 Å². The molecule has 192 valence electrons. The van der Waals surface area contributed by atoms with E-state index in [4.69, 9.17) is 15.0 Å². The van der Waals surface area contributed by atoms with E-state index >= 15 is 0 Å². The van der Waals surface area contributed by atoms with Gasteiger partial charge in [-0.3, -0.25) is 9.29 Å². The van der Waals surface area contributed by atoms with Crippen LogP contribution in [0.15, 0.2) is 35.6 Å². The maximum absolute atomic E-state index is 15.0. The largest absolute Gasteiger partial charge is 0.479 e. The van der Waals surface area contributed by atoms with Gasteiger partial charge >= 0.3 is 0 Å². The van der Waals surface area contributed by atoms with Crippen LogP contribution >= 0.6 is 0 Å². The first kappa shape index (κ1) is 24.3. The van der Waals surface area contributed by atoms with Gasteiger partial charge in [0.05, 0.1) is 44.8 Å². The molecule has 2 fully saturated rings. The predicted octanol–water partition coefficient (Wildman–Crippen LogP) is 4.06. The minimum Gasteiger partial charge on any atom is -0.479 e. The number of alkyl halides is 2. The molecule has 2 aliphatic heterocycles. The van der Waals surface area contributed by atoms with Crippen molar-refractivity contribution in [2.45, 2.75) is 31.1 Å². The Morgan fingerprint density at radius 2 is 2.17 bits per heavy atom. The van der Waals surface area contributed by atoms with E-state index in [9.17, 15) is 8.78 Å². The van der Waals surface area contributed by atoms with Gasteiger partial charge in [-0.15, -0.1) is 5.10 Å². The first-order chi connectivity index (χ1) is 17.6. The number of nitrogens with zero attached hydrogens (tertiary/aromatic N) is 5. The average molecular weight is 501 g/mol. The highest BCUT2D eigenvalue weighted by molar-refractivity contribution is 5.87. The first-order valence-electron chi connectivity index (χ1n) is 12.1. The molecule has 3 aromatic rings. The van der Waals surface area contributed by atoms with E-state index in [1.54, 1.807) is 16.8 Å². The summed E-state index contributed by atoms with van der Waals surface area (Å²) in [6, 6.07) is 7.27. The van der Waals surface area contributed by atoms with Gasteiger partial charge in [0.25, 0.3) is 0 Å². The zero-order valence-corrected chi connectivity index (χ0v) is 20.1. The smallest absolute Gasteiger partial charge is 0.244 e. The van der Waals surface area contributed by atoms with Gasteiger partial charge in [0.2, 0.25) is 11.8 Å². The molecule has 0 radical (unpaired) electrons. The number of rotatable bonds is 10. The number of fused-ring (bicyclic) bond motifs is 1. The fraction of sp³-hybridized carbons (Fsp3) is 0.500. The fourth-order valence-electron chi connectivity index (χ4n) is 4.68. The van der Waals surface area contributed by atoms with Crippen LogP contribution in [0.1, 0.15) is 12.8 Å². The molecule has 0 unspecified atom stereocenters. The number of nitrogens with one attached hydrogen (secondary N) is 3. The van der Waals surface area contributed by atoms with E-state index in [0.717, 1.165) is 17.7 Å². The third-order valence-corrected chi connectivity index (χ3v) is 6.75. The summed E-state index contributed by atoms with van der Waals surface area (Å²) in [5.74, 6) is 0.652. The summed E-state index contributed by atoms with van der Waals surface area (Å²) < 4.78 is 40.0. The van der Waals surface area contributed by atoms with Crippen molar-refractivity contribution in [3.8, 4) is 17.0 Å². The molecule has 0 spiro atoms. The molecule has 5 rings (SSSR count). The Morgan fingerprint density at radius 3 is 2.86 bits per heavy atom. The van der Waals surface area contributed by atoms with Crippen LogP contribution in [0.3, 0.4) is 0 Å². The van der Waals surface area contributed by atoms with Crippen LogP contribution in [0.4, 0.5) is 26.1 Å². The monoisotopic (exact) mass is 500 g/mol. The Bertz CT molecular complexity index is 1220. The maximum atomic E-state index is 15.0.